The van der Waals surface area contributed by atoms with Crippen LogP contribution in [-0.4, -0.2) is 80.2 Å². The van der Waals surface area contributed by atoms with Crippen LogP contribution in [-0.2, 0) is 14.3 Å². The van der Waals surface area contributed by atoms with E-state index >= 15 is 0 Å². The molecule has 8 nitrogen and oxygen atoms in total. The minimum absolute atomic E-state index is 0.0810. The number of carbonyl (C=O) groups is 2. The summed E-state index contributed by atoms with van der Waals surface area (Å²) in [5.41, 5.74) is 2.31. The van der Waals surface area contributed by atoms with Crippen LogP contribution in [0.4, 0.5) is 0 Å². The fourth-order valence-corrected chi connectivity index (χ4v) is 4.63. The Morgan fingerprint density at radius 3 is 2.34 bits per heavy atom. The molecule has 8 heteroatoms. The molecule has 186 valence electrons. The van der Waals surface area contributed by atoms with E-state index in [0.717, 1.165) is 30.8 Å². The first-order valence-electron chi connectivity index (χ1n) is 11.8. The average Bonchev–Trinajstić information content (AvgIpc) is 3.14. The SMILES string of the molecule is COc1ccc(C(O)=C2C(=O)C(=O)N(CCCN3CCOCC3)C2c2ccc(C)cc2)cc1OC. The predicted molar refractivity (Wildman–Crippen MR) is 132 cm³/mol. The van der Waals surface area contributed by atoms with Crippen LogP contribution in [0.5, 0.6) is 11.5 Å². The number of carbonyl (C=O) groups excluding carboxylic acids is 2. The zero-order chi connectivity index (χ0) is 24.9. The van der Waals surface area contributed by atoms with Gasteiger partial charge in [-0.25, -0.2) is 0 Å². The van der Waals surface area contributed by atoms with Crippen molar-refractivity contribution in [1.82, 2.24) is 9.80 Å². The summed E-state index contributed by atoms with van der Waals surface area (Å²) in [5, 5.41) is 11.3. The Morgan fingerprint density at radius 2 is 1.69 bits per heavy atom. The first-order valence-corrected chi connectivity index (χ1v) is 11.8. The molecule has 4 rings (SSSR count). The number of hydrogen-bond donors (Lipinski definition) is 1. The number of amides is 1. The maximum atomic E-state index is 13.2. The summed E-state index contributed by atoms with van der Waals surface area (Å²) in [6.45, 7) is 6.33. The third-order valence-electron chi connectivity index (χ3n) is 6.57. The van der Waals surface area contributed by atoms with Gasteiger partial charge >= 0.3 is 0 Å². The number of morpholine rings is 1. The molecule has 1 atom stereocenters. The highest BCUT2D eigenvalue weighted by Gasteiger charge is 2.45. The van der Waals surface area contributed by atoms with E-state index in [1.165, 1.54) is 14.2 Å². The summed E-state index contributed by atoms with van der Waals surface area (Å²) >= 11 is 0. The van der Waals surface area contributed by atoms with Gasteiger partial charge in [-0.1, -0.05) is 29.8 Å². The van der Waals surface area contributed by atoms with Crippen LogP contribution in [0.2, 0.25) is 0 Å². The van der Waals surface area contributed by atoms with E-state index in [9.17, 15) is 14.7 Å². The lowest BCUT2D eigenvalue weighted by molar-refractivity contribution is -0.140. The second-order valence-corrected chi connectivity index (χ2v) is 8.78. The number of aryl methyl sites for hydroxylation is 1. The van der Waals surface area contributed by atoms with E-state index in [0.29, 0.717) is 43.2 Å². The van der Waals surface area contributed by atoms with Gasteiger partial charge < -0.3 is 24.2 Å². The summed E-state index contributed by atoms with van der Waals surface area (Å²) < 4.78 is 16.1. The van der Waals surface area contributed by atoms with Crippen LogP contribution in [0.25, 0.3) is 5.76 Å². The highest BCUT2D eigenvalue weighted by Crippen LogP contribution is 2.40. The van der Waals surface area contributed by atoms with E-state index in [4.69, 9.17) is 14.2 Å². The molecule has 2 aromatic carbocycles. The predicted octanol–water partition coefficient (Wildman–Crippen LogP) is 3.16. The summed E-state index contributed by atoms with van der Waals surface area (Å²) in [6, 6.07) is 11.9. The molecular weight excluding hydrogens is 448 g/mol. The number of nitrogens with zero attached hydrogens (tertiary/aromatic N) is 2. The van der Waals surface area contributed by atoms with Gasteiger partial charge in [-0.2, -0.15) is 0 Å². The standard InChI is InChI=1S/C27H32N2O6/c1-18-5-7-19(8-6-18)24-23(25(30)20-9-10-21(33-2)22(17-20)34-3)26(31)27(32)29(24)12-4-11-28-13-15-35-16-14-28/h5-10,17,24,30H,4,11-16H2,1-3H3. The molecule has 2 aromatic rings. The Kier molecular flexibility index (Phi) is 7.73. The van der Waals surface area contributed by atoms with Gasteiger partial charge in [0.15, 0.2) is 11.5 Å². The molecule has 0 spiro atoms. The molecule has 2 heterocycles. The molecule has 0 bridgehead atoms. The number of aliphatic hydroxyl groups is 1. The van der Waals surface area contributed by atoms with E-state index in [2.05, 4.69) is 4.90 Å². The lowest BCUT2D eigenvalue weighted by Gasteiger charge is -2.29. The Balaban J connectivity index is 1.69. The van der Waals surface area contributed by atoms with Crippen LogP contribution in [0.1, 0.15) is 29.2 Å². The van der Waals surface area contributed by atoms with Crippen LogP contribution >= 0.6 is 0 Å². The van der Waals surface area contributed by atoms with Crippen molar-refractivity contribution in [3.63, 3.8) is 0 Å². The van der Waals surface area contributed by atoms with Crippen molar-refractivity contribution in [2.24, 2.45) is 0 Å². The summed E-state index contributed by atoms with van der Waals surface area (Å²) in [6.07, 6.45) is 0.714. The second kappa shape index (κ2) is 10.9. The minimum atomic E-state index is -0.686. The fourth-order valence-electron chi connectivity index (χ4n) is 4.63. The summed E-state index contributed by atoms with van der Waals surface area (Å²) in [4.78, 5) is 30.3. The largest absolute Gasteiger partial charge is 0.507 e. The van der Waals surface area contributed by atoms with Gasteiger partial charge in [-0.05, 0) is 37.1 Å². The number of ether oxygens (including phenoxy) is 3. The maximum absolute atomic E-state index is 13.2. The number of rotatable bonds is 8. The summed E-state index contributed by atoms with van der Waals surface area (Å²) in [7, 11) is 3.03. The topological polar surface area (TPSA) is 88.5 Å². The monoisotopic (exact) mass is 480 g/mol. The zero-order valence-corrected chi connectivity index (χ0v) is 20.5. The maximum Gasteiger partial charge on any atom is 0.295 e. The molecule has 0 radical (unpaired) electrons. The molecule has 1 unspecified atom stereocenters. The Labute approximate surface area is 205 Å². The van der Waals surface area contributed by atoms with E-state index < -0.39 is 17.7 Å². The molecule has 2 aliphatic rings. The van der Waals surface area contributed by atoms with Gasteiger partial charge in [0.25, 0.3) is 11.7 Å². The second-order valence-electron chi connectivity index (χ2n) is 8.78. The molecule has 2 aliphatic heterocycles. The molecular formula is C27H32N2O6. The van der Waals surface area contributed by atoms with Gasteiger partial charge in [-0.15, -0.1) is 0 Å². The molecule has 35 heavy (non-hydrogen) atoms. The number of aliphatic hydroxyl groups excluding tert-OH is 1. The average molecular weight is 481 g/mol. The number of benzene rings is 2. The van der Waals surface area contributed by atoms with Crippen molar-refractivity contribution < 1.29 is 28.9 Å². The molecule has 2 fully saturated rings. The fraction of sp³-hybridized carbons (Fsp3) is 0.407. The van der Waals surface area contributed by atoms with E-state index in [-0.39, 0.29) is 11.3 Å². The van der Waals surface area contributed by atoms with Crippen molar-refractivity contribution in [3.8, 4) is 11.5 Å². The first-order chi connectivity index (χ1) is 16.9. The molecule has 1 N–H and O–H groups in total. The highest BCUT2D eigenvalue weighted by atomic mass is 16.5. The third kappa shape index (κ3) is 5.18. The smallest absolute Gasteiger partial charge is 0.295 e. The lowest BCUT2D eigenvalue weighted by atomic mass is 9.94. The molecule has 0 saturated carbocycles. The van der Waals surface area contributed by atoms with Crippen LogP contribution in [0, 0.1) is 6.92 Å². The Bertz CT molecular complexity index is 1110. The number of hydrogen-bond acceptors (Lipinski definition) is 7. The number of ketones is 1. The Hall–Kier alpha value is -3.36. The first kappa shape index (κ1) is 24.8. The van der Waals surface area contributed by atoms with Gasteiger partial charge in [0.2, 0.25) is 0 Å². The van der Waals surface area contributed by atoms with Gasteiger partial charge in [0, 0.05) is 31.7 Å². The highest BCUT2D eigenvalue weighted by molar-refractivity contribution is 6.46. The quantitative estimate of drug-likeness (QED) is 0.353. The molecule has 1 amide bonds. The summed E-state index contributed by atoms with van der Waals surface area (Å²) in [5.74, 6) is -0.592. The number of likely N-dealkylation sites (tertiary alicyclic amines) is 1. The zero-order valence-electron chi connectivity index (χ0n) is 20.5. The molecule has 0 aliphatic carbocycles. The van der Waals surface area contributed by atoms with Crippen LogP contribution in [0.3, 0.4) is 0 Å². The minimum Gasteiger partial charge on any atom is -0.507 e. The van der Waals surface area contributed by atoms with Gasteiger partial charge in [-0.3, -0.25) is 14.5 Å². The third-order valence-corrected chi connectivity index (χ3v) is 6.57. The van der Waals surface area contributed by atoms with Crippen molar-refractivity contribution in [2.75, 3.05) is 53.6 Å². The van der Waals surface area contributed by atoms with Crippen molar-refractivity contribution in [1.29, 1.82) is 0 Å². The number of methoxy groups -OCH3 is 2. The Morgan fingerprint density at radius 1 is 1.00 bits per heavy atom. The van der Waals surface area contributed by atoms with Gasteiger partial charge in [0.05, 0.1) is 39.0 Å². The van der Waals surface area contributed by atoms with Gasteiger partial charge in [0.1, 0.15) is 5.76 Å². The molecule has 0 aromatic heterocycles. The molecule has 2 saturated heterocycles. The van der Waals surface area contributed by atoms with Crippen LogP contribution < -0.4 is 9.47 Å². The van der Waals surface area contributed by atoms with Crippen molar-refractivity contribution >= 4 is 17.4 Å². The van der Waals surface area contributed by atoms with Crippen molar-refractivity contribution in [2.45, 2.75) is 19.4 Å². The van der Waals surface area contributed by atoms with Crippen molar-refractivity contribution in [3.05, 3.63) is 64.7 Å². The van der Waals surface area contributed by atoms with E-state index in [1.54, 1.807) is 23.1 Å². The lowest BCUT2D eigenvalue weighted by Crippen LogP contribution is -2.38. The van der Waals surface area contributed by atoms with E-state index in [1.807, 2.05) is 31.2 Å². The van der Waals surface area contributed by atoms with Crippen LogP contribution in [0.15, 0.2) is 48.0 Å². The normalized spacial score (nSPS) is 20.3. The number of Topliss-reactive ketones (excluding diaryl/α,β-unsaturated/α-hetero) is 1.